The molecule has 1 aliphatic rings. The van der Waals surface area contributed by atoms with Crippen LogP contribution >= 0.6 is 11.6 Å². The molecule has 0 saturated carbocycles. The zero-order valence-corrected chi connectivity index (χ0v) is 17.5. The van der Waals surface area contributed by atoms with E-state index in [1.165, 1.54) is 12.1 Å². The van der Waals surface area contributed by atoms with Gasteiger partial charge in [-0.3, -0.25) is 9.52 Å². The minimum absolute atomic E-state index is 0. The summed E-state index contributed by atoms with van der Waals surface area (Å²) in [5.41, 5.74) is 2.93. The molecule has 2 aromatic rings. The molecule has 5 N–H and O–H groups in total. The van der Waals surface area contributed by atoms with Crippen LogP contribution in [0.2, 0.25) is 0 Å². The average Bonchev–Trinajstić information content (AvgIpc) is 2.69. The van der Waals surface area contributed by atoms with Crippen molar-refractivity contribution in [2.24, 2.45) is 0 Å². The van der Waals surface area contributed by atoms with E-state index >= 15 is 0 Å². The Hall–Kier alpha value is -2.33. The van der Waals surface area contributed by atoms with Gasteiger partial charge in [-0.05, 0) is 55.3 Å². The summed E-state index contributed by atoms with van der Waals surface area (Å²) in [7, 11) is -3.94. The molecule has 0 atom stereocenters. The fourth-order valence-electron chi connectivity index (χ4n) is 3.09. The number of nitrogens with one attached hydrogen (secondary N) is 3. The monoisotopic (exact) mass is 441 g/mol. The lowest BCUT2D eigenvalue weighted by atomic mass is 9.99. The van der Waals surface area contributed by atoms with E-state index in [0.717, 1.165) is 24.1 Å². The molecule has 0 unspecified atom stereocenters. The number of carbonyl (C=O) groups excluding carboxylic acids is 1. The number of hydrogen-bond donors (Lipinski definition) is 3. The highest BCUT2D eigenvalue weighted by molar-refractivity contribution is 7.92. The minimum atomic E-state index is -3.94. The van der Waals surface area contributed by atoms with E-state index in [0.29, 0.717) is 24.5 Å². The van der Waals surface area contributed by atoms with E-state index in [9.17, 15) is 13.2 Å². The second-order valence-electron chi connectivity index (χ2n) is 6.25. The smallest absolute Gasteiger partial charge is 0.265 e. The largest absolute Gasteiger partial charge is 0.492 e. The number of hydrogen-bond acceptors (Lipinski definition) is 5. The number of anilines is 2. The third kappa shape index (κ3) is 5.39. The molecule has 0 fully saturated rings. The summed E-state index contributed by atoms with van der Waals surface area (Å²) in [5, 5.41) is 5.83. The highest BCUT2D eigenvalue weighted by atomic mass is 35.5. The molecule has 158 valence electrons. The first-order valence-corrected chi connectivity index (χ1v) is 10.9. The lowest BCUT2D eigenvalue weighted by molar-refractivity contribution is -0.113. The maximum absolute atomic E-state index is 13.1. The van der Waals surface area contributed by atoms with Gasteiger partial charge in [0.25, 0.3) is 10.0 Å². The highest BCUT2D eigenvalue weighted by Gasteiger charge is 2.23. The van der Waals surface area contributed by atoms with Crippen LogP contribution in [0, 0.1) is 0 Å². The lowest BCUT2D eigenvalue weighted by Gasteiger charge is -2.21. The predicted molar refractivity (Wildman–Crippen MR) is 113 cm³/mol. The Bertz CT molecular complexity index is 982. The molecule has 1 aliphatic heterocycles. The second kappa shape index (κ2) is 9.93. The Kier molecular flexibility index (Phi) is 7.86. The molecule has 0 bridgehead atoms. The molecule has 0 aromatic heterocycles. The molecule has 3 rings (SSSR count). The number of benzene rings is 2. The third-order valence-corrected chi connectivity index (χ3v) is 5.95. The highest BCUT2D eigenvalue weighted by Crippen LogP contribution is 2.31. The molecule has 10 heteroatoms. The molecule has 29 heavy (non-hydrogen) atoms. The molecule has 8 nitrogen and oxygen atoms in total. The van der Waals surface area contributed by atoms with Gasteiger partial charge in [-0.1, -0.05) is 12.1 Å². The Balaban J connectivity index is 0.00000300. The van der Waals surface area contributed by atoms with Gasteiger partial charge < -0.3 is 20.8 Å². The number of sulfonamides is 1. The van der Waals surface area contributed by atoms with Crippen molar-refractivity contribution in [3.8, 4) is 5.75 Å². The van der Waals surface area contributed by atoms with Gasteiger partial charge in [0.05, 0.1) is 12.3 Å². The molecule has 1 heterocycles. The fourth-order valence-corrected chi connectivity index (χ4v) is 4.42. The summed E-state index contributed by atoms with van der Waals surface area (Å²) in [6, 6.07) is 10.0. The Morgan fingerprint density at radius 3 is 2.79 bits per heavy atom. The van der Waals surface area contributed by atoms with Crippen LogP contribution in [-0.2, 0) is 27.8 Å². The van der Waals surface area contributed by atoms with Crippen LogP contribution in [0.25, 0.3) is 0 Å². The normalized spacial score (nSPS) is 13.0. The van der Waals surface area contributed by atoms with Gasteiger partial charge >= 0.3 is 0 Å². The van der Waals surface area contributed by atoms with E-state index in [1.54, 1.807) is 19.1 Å². The quantitative estimate of drug-likeness (QED) is 0.565. The van der Waals surface area contributed by atoms with Crippen molar-refractivity contribution in [2.75, 3.05) is 29.1 Å². The number of halogens is 1. The van der Waals surface area contributed by atoms with Crippen LogP contribution in [0.1, 0.15) is 18.1 Å². The summed E-state index contributed by atoms with van der Waals surface area (Å²) in [6.07, 6.45) is 0.734. The number of amides is 1. The van der Waals surface area contributed by atoms with Crippen LogP contribution in [0.15, 0.2) is 41.3 Å². The Labute approximate surface area is 175 Å². The van der Waals surface area contributed by atoms with Crippen molar-refractivity contribution in [1.29, 1.82) is 0 Å². The topological polar surface area (TPSA) is 128 Å². The maximum atomic E-state index is 13.1. The van der Waals surface area contributed by atoms with E-state index in [2.05, 4.69) is 15.4 Å². The molecule has 0 saturated heterocycles. The van der Waals surface area contributed by atoms with E-state index in [1.807, 2.05) is 12.1 Å². The maximum Gasteiger partial charge on any atom is 0.265 e. The van der Waals surface area contributed by atoms with Gasteiger partial charge in [0.1, 0.15) is 16.5 Å². The summed E-state index contributed by atoms with van der Waals surface area (Å²) in [6.45, 7) is 3.57. The van der Waals surface area contributed by atoms with Crippen LogP contribution in [0.4, 0.5) is 11.4 Å². The molecule has 2 aromatic carbocycles. The fraction of sp³-hybridized carbons (Fsp3) is 0.316. The van der Waals surface area contributed by atoms with Gasteiger partial charge in [0.2, 0.25) is 5.91 Å². The molecule has 0 aliphatic carbocycles. The predicted octanol–water partition coefficient (Wildman–Crippen LogP) is 1.88. The first kappa shape index (κ1) is 23.0. The standard InChI is InChI=1S/C19H22ClN3O4S.H2O/c1-2-27-17-7-6-14(22-19(24)11-20)10-18(17)28(25,26)23-16-5-3-4-13-12-21-9-8-15(13)16;/h3-7,10,21,23H,2,8-9,11-12H2,1H3,(H,22,24);1H2. The zero-order valence-electron chi connectivity index (χ0n) is 15.9. The molecular formula is C19H24ClN3O5S. The van der Waals surface area contributed by atoms with Gasteiger partial charge in [-0.2, -0.15) is 0 Å². The summed E-state index contributed by atoms with van der Waals surface area (Å²) in [4.78, 5) is 11.5. The lowest BCUT2D eigenvalue weighted by Crippen LogP contribution is -2.25. The Morgan fingerprint density at radius 1 is 1.28 bits per heavy atom. The minimum Gasteiger partial charge on any atom is -0.492 e. The van der Waals surface area contributed by atoms with E-state index in [-0.39, 0.29) is 22.0 Å². The van der Waals surface area contributed by atoms with E-state index < -0.39 is 15.9 Å². The molecule has 1 amide bonds. The summed E-state index contributed by atoms with van der Waals surface area (Å²) < 4.78 is 34.5. The van der Waals surface area contributed by atoms with Crippen molar-refractivity contribution in [1.82, 2.24) is 5.32 Å². The van der Waals surface area contributed by atoms with Crippen LogP contribution in [0.3, 0.4) is 0 Å². The Morgan fingerprint density at radius 2 is 2.07 bits per heavy atom. The number of rotatable bonds is 7. The van der Waals surface area contributed by atoms with Crippen LogP contribution in [-0.4, -0.2) is 38.8 Å². The van der Waals surface area contributed by atoms with Crippen molar-refractivity contribution in [3.63, 3.8) is 0 Å². The zero-order chi connectivity index (χ0) is 20.1. The third-order valence-electron chi connectivity index (χ3n) is 4.32. The van der Waals surface area contributed by atoms with Gasteiger partial charge in [0.15, 0.2) is 0 Å². The van der Waals surface area contributed by atoms with Gasteiger partial charge in [-0.25, -0.2) is 8.42 Å². The number of alkyl halides is 1. The van der Waals surface area contributed by atoms with Crippen LogP contribution < -0.4 is 20.1 Å². The number of ether oxygens (including phenoxy) is 1. The first-order valence-electron chi connectivity index (χ1n) is 8.91. The average molecular weight is 442 g/mol. The molecule has 0 spiro atoms. The van der Waals surface area contributed by atoms with Crippen molar-refractivity contribution >= 4 is 38.9 Å². The van der Waals surface area contributed by atoms with Crippen molar-refractivity contribution < 1.29 is 23.4 Å². The van der Waals surface area contributed by atoms with Crippen LogP contribution in [0.5, 0.6) is 5.75 Å². The molecule has 0 radical (unpaired) electrons. The van der Waals surface area contributed by atoms with Crippen molar-refractivity contribution in [3.05, 3.63) is 47.5 Å². The number of carbonyl (C=O) groups is 1. The first-order chi connectivity index (χ1) is 13.4. The van der Waals surface area contributed by atoms with Crippen molar-refractivity contribution in [2.45, 2.75) is 24.8 Å². The number of fused-ring (bicyclic) bond motifs is 1. The van der Waals surface area contributed by atoms with E-state index in [4.69, 9.17) is 16.3 Å². The summed E-state index contributed by atoms with van der Waals surface area (Å²) >= 11 is 5.51. The summed E-state index contributed by atoms with van der Waals surface area (Å²) in [5.74, 6) is -0.435. The SMILES string of the molecule is CCOc1ccc(NC(=O)CCl)cc1S(=O)(=O)Nc1cccc2c1CCNC2.O. The van der Waals surface area contributed by atoms with Gasteiger partial charge in [-0.15, -0.1) is 11.6 Å². The second-order valence-corrected chi connectivity index (χ2v) is 8.17. The van der Waals surface area contributed by atoms with Gasteiger partial charge in [0, 0.05) is 12.2 Å². The molecular weight excluding hydrogens is 418 g/mol.